The van der Waals surface area contributed by atoms with Crippen LogP contribution in [0.2, 0.25) is 0 Å². The second-order valence-electron chi connectivity index (χ2n) is 4.87. The third-order valence-corrected chi connectivity index (χ3v) is 3.27. The number of esters is 1. The number of benzene rings is 1. The summed E-state index contributed by atoms with van der Waals surface area (Å²) in [5.74, 6) is -0.500. The van der Waals surface area contributed by atoms with Crippen LogP contribution in [0.15, 0.2) is 24.3 Å². The highest BCUT2D eigenvalue weighted by Gasteiger charge is 2.32. The maximum absolute atomic E-state index is 11.8. The van der Waals surface area contributed by atoms with Crippen LogP contribution in [-0.4, -0.2) is 25.0 Å². The minimum absolute atomic E-state index is 0.0446. The number of ether oxygens (including phenoxy) is 1. The van der Waals surface area contributed by atoms with E-state index in [1.54, 1.807) is 24.3 Å². The highest BCUT2D eigenvalue weighted by atomic mass is 16.5. The minimum atomic E-state index is -0.680. The number of carbonyl (C=O) groups is 2. The standard InChI is InChI=1S/C15H16N2O3/c1-20-15(19)13(17-14(18)12-6-7-12)8-10-2-4-11(9-16)5-3-10/h2-5,12-13H,6-8H2,1H3,(H,17,18)/t13-/m0/s1. The number of hydrogen-bond donors (Lipinski definition) is 1. The summed E-state index contributed by atoms with van der Waals surface area (Å²) in [5.41, 5.74) is 1.43. The zero-order valence-electron chi connectivity index (χ0n) is 11.3. The van der Waals surface area contributed by atoms with Gasteiger partial charge in [0.25, 0.3) is 0 Å². The molecule has 5 heteroatoms. The molecule has 0 heterocycles. The first-order valence-corrected chi connectivity index (χ1v) is 6.51. The van der Waals surface area contributed by atoms with Gasteiger partial charge < -0.3 is 10.1 Å². The number of hydrogen-bond acceptors (Lipinski definition) is 4. The van der Waals surface area contributed by atoms with Gasteiger partial charge in [0.15, 0.2) is 0 Å². The number of methoxy groups -OCH3 is 1. The van der Waals surface area contributed by atoms with E-state index in [0.29, 0.717) is 12.0 Å². The highest BCUT2D eigenvalue weighted by Crippen LogP contribution is 2.29. The molecule has 1 aromatic carbocycles. The summed E-state index contributed by atoms with van der Waals surface area (Å²) in [6.07, 6.45) is 2.13. The zero-order chi connectivity index (χ0) is 14.5. The van der Waals surface area contributed by atoms with E-state index in [1.165, 1.54) is 7.11 Å². The van der Waals surface area contributed by atoms with Gasteiger partial charge in [-0.1, -0.05) is 12.1 Å². The average Bonchev–Trinajstić information content (AvgIpc) is 3.31. The van der Waals surface area contributed by atoms with Crippen LogP contribution in [0, 0.1) is 17.2 Å². The van der Waals surface area contributed by atoms with Gasteiger partial charge >= 0.3 is 5.97 Å². The molecule has 1 aliphatic rings. The van der Waals surface area contributed by atoms with Crippen molar-refractivity contribution in [1.82, 2.24) is 5.32 Å². The SMILES string of the molecule is COC(=O)[C@H](Cc1ccc(C#N)cc1)NC(=O)C1CC1. The number of amides is 1. The Labute approximate surface area is 117 Å². The van der Waals surface area contributed by atoms with Crippen LogP contribution in [0.3, 0.4) is 0 Å². The fourth-order valence-corrected chi connectivity index (χ4v) is 1.92. The number of nitrogens with zero attached hydrogens (tertiary/aromatic N) is 1. The first kappa shape index (κ1) is 14.1. The Balaban J connectivity index is 2.03. The molecule has 1 amide bonds. The van der Waals surface area contributed by atoms with Crippen LogP contribution < -0.4 is 5.32 Å². The van der Waals surface area contributed by atoms with Crippen molar-refractivity contribution in [3.8, 4) is 6.07 Å². The largest absolute Gasteiger partial charge is 0.467 e. The molecule has 104 valence electrons. The monoisotopic (exact) mass is 272 g/mol. The summed E-state index contributed by atoms with van der Waals surface area (Å²) in [5, 5.41) is 11.5. The van der Waals surface area contributed by atoms with E-state index >= 15 is 0 Å². The lowest BCUT2D eigenvalue weighted by Crippen LogP contribution is -2.43. The molecule has 2 rings (SSSR count). The molecular formula is C15H16N2O3. The van der Waals surface area contributed by atoms with Gasteiger partial charge in [-0.15, -0.1) is 0 Å². The van der Waals surface area contributed by atoms with Gasteiger partial charge in [0.05, 0.1) is 18.7 Å². The normalized spacial score (nSPS) is 15.0. The zero-order valence-corrected chi connectivity index (χ0v) is 11.3. The van der Waals surface area contributed by atoms with E-state index in [9.17, 15) is 9.59 Å². The molecule has 1 fully saturated rings. The summed E-state index contributed by atoms with van der Waals surface area (Å²) in [7, 11) is 1.30. The molecule has 1 atom stereocenters. The molecule has 0 unspecified atom stereocenters. The van der Waals surface area contributed by atoms with Gasteiger partial charge in [-0.2, -0.15) is 5.26 Å². The Kier molecular flexibility index (Phi) is 4.36. The van der Waals surface area contributed by atoms with Crippen molar-refractivity contribution in [3.05, 3.63) is 35.4 Å². The summed E-state index contributed by atoms with van der Waals surface area (Å²) < 4.78 is 4.72. The summed E-state index contributed by atoms with van der Waals surface area (Å²) >= 11 is 0. The molecule has 0 radical (unpaired) electrons. The van der Waals surface area contributed by atoms with Crippen molar-refractivity contribution in [2.75, 3.05) is 7.11 Å². The van der Waals surface area contributed by atoms with Crippen molar-refractivity contribution in [2.45, 2.75) is 25.3 Å². The van der Waals surface area contributed by atoms with E-state index in [0.717, 1.165) is 18.4 Å². The lowest BCUT2D eigenvalue weighted by molar-refractivity contribution is -0.145. The van der Waals surface area contributed by atoms with Gasteiger partial charge in [0.2, 0.25) is 5.91 Å². The Morgan fingerprint density at radius 2 is 2.05 bits per heavy atom. The smallest absolute Gasteiger partial charge is 0.328 e. The highest BCUT2D eigenvalue weighted by molar-refractivity contribution is 5.87. The van der Waals surface area contributed by atoms with E-state index in [4.69, 9.17) is 10.00 Å². The van der Waals surface area contributed by atoms with Crippen molar-refractivity contribution in [1.29, 1.82) is 5.26 Å². The van der Waals surface area contributed by atoms with Crippen molar-refractivity contribution in [3.63, 3.8) is 0 Å². The van der Waals surface area contributed by atoms with Gasteiger partial charge in [-0.25, -0.2) is 4.79 Å². The number of nitriles is 1. The third kappa shape index (κ3) is 3.58. The van der Waals surface area contributed by atoms with Crippen LogP contribution in [0.1, 0.15) is 24.0 Å². The lowest BCUT2D eigenvalue weighted by Gasteiger charge is -2.16. The second kappa shape index (κ2) is 6.20. The summed E-state index contributed by atoms with van der Waals surface area (Å²) in [4.78, 5) is 23.5. The molecule has 5 nitrogen and oxygen atoms in total. The minimum Gasteiger partial charge on any atom is -0.467 e. The molecule has 0 spiro atoms. The Morgan fingerprint density at radius 3 is 2.55 bits per heavy atom. The van der Waals surface area contributed by atoms with Crippen LogP contribution >= 0.6 is 0 Å². The molecule has 0 aromatic heterocycles. The molecule has 0 aliphatic heterocycles. The first-order valence-electron chi connectivity index (χ1n) is 6.51. The van der Waals surface area contributed by atoms with Crippen molar-refractivity contribution >= 4 is 11.9 Å². The Bertz CT molecular complexity index is 541. The van der Waals surface area contributed by atoms with Crippen molar-refractivity contribution < 1.29 is 14.3 Å². The number of rotatable bonds is 5. The fourth-order valence-electron chi connectivity index (χ4n) is 1.92. The molecule has 1 aromatic rings. The molecule has 20 heavy (non-hydrogen) atoms. The maximum atomic E-state index is 11.8. The van der Waals surface area contributed by atoms with Gasteiger partial charge in [-0.3, -0.25) is 4.79 Å². The predicted molar refractivity (Wildman–Crippen MR) is 71.5 cm³/mol. The van der Waals surface area contributed by atoms with Crippen LogP contribution in [0.5, 0.6) is 0 Å². The predicted octanol–water partition coefficient (Wildman–Crippen LogP) is 1.17. The number of nitrogens with one attached hydrogen (secondary N) is 1. The molecule has 1 N–H and O–H groups in total. The molecule has 1 aliphatic carbocycles. The van der Waals surface area contributed by atoms with E-state index < -0.39 is 12.0 Å². The third-order valence-electron chi connectivity index (χ3n) is 3.27. The van der Waals surface area contributed by atoms with E-state index in [2.05, 4.69) is 5.32 Å². The molecule has 0 saturated heterocycles. The van der Waals surface area contributed by atoms with Crippen LogP contribution in [0.25, 0.3) is 0 Å². The fraction of sp³-hybridized carbons (Fsp3) is 0.400. The second-order valence-corrected chi connectivity index (χ2v) is 4.87. The number of carbonyl (C=O) groups excluding carboxylic acids is 2. The van der Waals surface area contributed by atoms with Crippen LogP contribution in [0.4, 0.5) is 0 Å². The Hall–Kier alpha value is -2.35. The molecule has 1 saturated carbocycles. The van der Waals surface area contributed by atoms with Gasteiger partial charge in [0.1, 0.15) is 6.04 Å². The van der Waals surface area contributed by atoms with Crippen molar-refractivity contribution in [2.24, 2.45) is 5.92 Å². The Morgan fingerprint density at radius 1 is 1.40 bits per heavy atom. The van der Waals surface area contributed by atoms with E-state index in [-0.39, 0.29) is 11.8 Å². The lowest BCUT2D eigenvalue weighted by atomic mass is 10.0. The summed E-state index contributed by atoms with van der Waals surface area (Å²) in [6.45, 7) is 0. The van der Waals surface area contributed by atoms with Gasteiger partial charge in [-0.05, 0) is 30.5 Å². The quantitative estimate of drug-likeness (QED) is 0.816. The molecular weight excluding hydrogens is 256 g/mol. The van der Waals surface area contributed by atoms with Gasteiger partial charge in [0, 0.05) is 12.3 Å². The molecule has 0 bridgehead atoms. The maximum Gasteiger partial charge on any atom is 0.328 e. The summed E-state index contributed by atoms with van der Waals surface area (Å²) in [6, 6.07) is 8.28. The van der Waals surface area contributed by atoms with Crippen LogP contribution in [-0.2, 0) is 20.7 Å². The first-order chi connectivity index (χ1) is 9.63. The van der Waals surface area contributed by atoms with E-state index in [1.807, 2.05) is 6.07 Å². The topological polar surface area (TPSA) is 79.2 Å². The average molecular weight is 272 g/mol.